The number of rotatable bonds is 6. The Morgan fingerprint density at radius 1 is 0.667 bits per heavy atom. The van der Waals surface area contributed by atoms with Gasteiger partial charge in [0.05, 0.1) is 11.0 Å². The number of ether oxygens (including phenoxy) is 1. The Kier molecular flexibility index (Phi) is 5.87. The Hall–Kier alpha value is -5.19. The second-order valence-electron chi connectivity index (χ2n) is 10.4. The highest BCUT2D eigenvalue weighted by molar-refractivity contribution is 7.26. The number of nitrogens with zero attached hydrogens (tertiary/aromatic N) is 2. The second kappa shape index (κ2) is 10.0. The van der Waals surface area contributed by atoms with E-state index in [9.17, 15) is 0 Å². The number of para-hydroxylation sites is 2. The van der Waals surface area contributed by atoms with Crippen molar-refractivity contribution >= 4 is 65.7 Å². The maximum atomic E-state index is 6.70. The van der Waals surface area contributed by atoms with Gasteiger partial charge in [0.25, 0.3) is 0 Å². The van der Waals surface area contributed by atoms with Crippen molar-refractivity contribution in [2.75, 3.05) is 0 Å². The van der Waals surface area contributed by atoms with Gasteiger partial charge in [0, 0.05) is 42.2 Å². The van der Waals surface area contributed by atoms with Crippen LogP contribution in [0.1, 0.15) is 5.56 Å². The number of hydrogen-bond acceptors (Lipinski definition) is 3. The molecule has 42 heavy (non-hydrogen) atoms. The summed E-state index contributed by atoms with van der Waals surface area (Å²) in [6, 6.07) is 46.9. The molecule has 0 saturated heterocycles. The molecule has 0 unspecified atom stereocenters. The van der Waals surface area contributed by atoms with Gasteiger partial charge < -0.3 is 9.30 Å². The Bertz CT molecular complexity index is 2260. The Morgan fingerprint density at radius 3 is 2.17 bits per heavy atom. The van der Waals surface area contributed by atoms with Crippen LogP contribution in [0.5, 0.6) is 5.75 Å². The van der Waals surface area contributed by atoms with E-state index in [4.69, 9.17) is 4.74 Å². The largest absolute Gasteiger partial charge is 0.486 e. The molecule has 0 amide bonds. The van der Waals surface area contributed by atoms with Crippen molar-refractivity contribution in [3.63, 3.8) is 0 Å². The minimum Gasteiger partial charge on any atom is -0.486 e. The third kappa shape index (κ3) is 3.92. The van der Waals surface area contributed by atoms with Crippen LogP contribution in [0, 0.1) is 0 Å². The molecule has 200 valence electrons. The molecule has 2 aromatic heterocycles. The Balaban J connectivity index is 1.26. The van der Waals surface area contributed by atoms with Crippen LogP contribution < -0.4 is 4.74 Å². The molecule has 0 aliphatic heterocycles. The molecule has 0 aliphatic carbocycles. The van der Waals surface area contributed by atoms with Gasteiger partial charge in [0.2, 0.25) is 0 Å². The molecule has 0 fully saturated rings. The first-order valence-corrected chi connectivity index (χ1v) is 14.8. The van der Waals surface area contributed by atoms with Gasteiger partial charge in [-0.25, -0.2) is 0 Å². The maximum absolute atomic E-state index is 6.70. The molecule has 6 aromatic carbocycles. The number of benzene rings is 6. The monoisotopic (exact) mass is 558 g/mol. The van der Waals surface area contributed by atoms with Crippen LogP contribution in [-0.4, -0.2) is 11.3 Å². The quantitative estimate of drug-likeness (QED) is 0.186. The fraction of sp³-hybridized carbons (Fsp3) is 0.0263. The molecule has 0 bridgehead atoms. The van der Waals surface area contributed by atoms with Crippen molar-refractivity contribution in [2.24, 2.45) is 4.99 Å². The van der Waals surface area contributed by atoms with Crippen LogP contribution in [0.4, 0.5) is 5.69 Å². The van der Waals surface area contributed by atoms with E-state index in [2.05, 4.69) is 144 Å². The zero-order valence-electron chi connectivity index (χ0n) is 22.8. The number of aromatic nitrogens is 1. The van der Waals surface area contributed by atoms with E-state index < -0.39 is 0 Å². The lowest BCUT2D eigenvalue weighted by molar-refractivity contribution is 0.311. The van der Waals surface area contributed by atoms with Crippen molar-refractivity contribution < 1.29 is 4.74 Å². The maximum Gasteiger partial charge on any atom is 0.154 e. The molecule has 0 atom stereocenters. The third-order valence-corrected chi connectivity index (χ3v) is 9.17. The third-order valence-electron chi connectivity index (χ3n) is 7.97. The number of thiophene rings is 1. The van der Waals surface area contributed by atoms with Crippen LogP contribution in [0.15, 0.2) is 138 Å². The average Bonchev–Trinajstić information content (AvgIpc) is 3.60. The Morgan fingerprint density at radius 2 is 1.36 bits per heavy atom. The van der Waals surface area contributed by atoms with Gasteiger partial charge in [-0.3, -0.25) is 4.99 Å². The number of fused-ring (bicyclic) bond motifs is 6. The minimum absolute atomic E-state index is 0.424. The molecule has 4 heteroatoms. The van der Waals surface area contributed by atoms with Crippen LogP contribution >= 0.6 is 11.3 Å². The average molecular weight is 559 g/mol. The first-order chi connectivity index (χ1) is 20.8. The standard InChI is InChI=1S/C38H26N2OS/c1-39-32-23-30(26-12-4-2-5-13-26)38-36(29-17-9-11-19-35(29)42-38)37(32)41-24-25-20-21-34-31(22-25)28-16-8-10-18-33(28)40(34)27-14-6-3-7-15-27/h2-23H,1,24H2. The normalized spacial score (nSPS) is 11.5. The summed E-state index contributed by atoms with van der Waals surface area (Å²) in [5.41, 5.74) is 7.69. The van der Waals surface area contributed by atoms with Gasteiger partial charge >= 0.3 is 0 Å². The highest BCUT2D eigenvalue weighted by Gasteiger charge is 2.20. The summed E-state index contributed by atoms with van der Waals surface area (Å²) in [5.74, 6) is 0.781. The fourth-order valence-corrected chi connectivity index (χ4v) is 7.31. The van der Waals surface area contributed by atoms with E-state index in [0.29, 0.717) is 6.61 Å². The van der Waals surface area contributed by atoms with E-state index in [1.807, 2.05) is 6.07 Å². The topological polar surface area (TPSA) is 26.5 Å². The van der Waals surface area contributed by atoms with Crippen molar-refractivity contribution in [1.82, 2.24) is 4.57 Å². The summed E-state index contributed by atoms with van der Waals surface area (Å²) in [5, 5.41) is 4.71. The second-order valence-corrected chi connectivity index (χ2v) is 11.5. The lowest BCUT2D eigenvalue weighted by Crippen LogP contribution is -1.97. The van der Waals surface area contributed by atoms with Crippen molar-refractivity contribution in [1.29, 1.82) is 0 Å². The molecule has 3 nitrogen and oxygen atoms in total. The van der Waals surface area contributed by atoms with Gasteiger partial charge in [-0.15, -0.1) is 11.3 Å². The van der Waals surface area contributed by atoms with Gasteiger partial charge in [0.15, 0.2) is 5.75 Å². The molecule has 0 spiro atoms. The fourth-order valence-electron chi connectivity index (χ4n) is 6.07. The zero-order valence-corrected chi connectivity index (χ0v) is 23.6. The van der Waals surface area contributed by atoms with E-state index in [1.165, 1.54) is 36.6 Å². The molecule has 8 aromatic rings. The summed E-state index contributed by atoms with van der Waals surface area (Å²) in [4.78, 5) is 4.46. The first kappa shape index (κ1) is 24.6. The highest BCUT2D eigenvalue weighted by atomic mass is 32.1. The van der Waals surface area contributed by atoms with Crippen LogP contribution in [0.25, 0.3) is 58.8 Å². The van der Waals surface area contributed by atoms with E-state index in [-0.39, 0.29) is 0 Å². The molecule has 0 aliphatic rings. The molecule has 0 saturated carbocycles. The predicted octanol–water partition coefficient (Wildman–Crippen LogP) is 10.7. The predicted molar refractivity (Wildman–Crippen MR) is 179 cm³/mol. The lowest BCUT2D eigenvalue weighted by Gasteiger charge is -2.14. The lowest BCUT2D eigenvalue weighted by atomic mass is 10.0. The van der Waals surface area contributed by atoms with Crippen molar-refractivity contribution in [3.05, 3.63) is 139 Å². The number of hydrogen-bond donors (Lipinski definition) is 0. The van der Waals surface area contributed by atoms with Gasteiger partial charge in [-0.1, -0.05) is 91.0 Å². The number of aliphatic imine (C=N–C) groups is 1. The summed E-state index contributed by atoms with van der Waals surface area (Å²) in [6.07, 6.45) is 0. The molecule has 0 radical (unpaired) electrons. The molecule has 2 heterocycles. The van der Waals surface area contributed by atoms with Gasteiger partial charge in [0.1, 0.15) is 12.3 Å². The molecular formula is C38H26N2OS. The highest BCUT2D eigenvalue weighted by Crippen LogP contribution is 2.49. The molecular weight excluding hydrogens is 532 g/mol. The van der Waals surface area contributed by atoms with Crippen LogP contribution in [0.2, 0.25) is 0 Å². The summed E-state index contributed by atoms with van der Waals surface area (Å²) in [6.45, 7) is 4.35. The smallest absolute Gasteiger partial charge is 0.154 e. The summed E-state index contributed by atoms with van der Waals surface area (Å²) >= 11 is 1.80. The summed E-state index contributed by atoms with van der Waals surface area (Å²) in [7, 11) is 0. The van der Waals surface area contributed by atoms with Crippen molar-refractivity contribution in [3.8, 4) is 22.6 Å². The van der Waals surface area contributed by atoms with E-state index >= 15 is 0 Å². The minimum atomic E-state index is 0.424. The zero-order chi connectivity index (χ0) is 28.0. The molecule has 8 rings (SSSR count). The van der Waals surface area contributed by atoms with Gasteiger partial charge in [-0.05, 0) is 60.3 Å². The van der Waals surface area contributed by atoms with E-state index in [0.717, 1.165) is 39.2 Å². The van der Waals surface area contributed by atoms with E-state index in [1.54, 1.807) is 11.3 Å². The van der Waals surface area contributed by atoms with Crippen LogP contribution in [-0.2, 0) is 6.61 Å². The summed E-state index contributed by atoms with van der Waals surface area (Å²) < 4.78 is 11.5. The van der Waals surface area contributed by atoms with Crippen molar-refractivity contribution in [2.45, 2.75) is 6.61 Å². The first-order valence-electron chi connectivity index (χ1n) is 14.0. The SMILES string of the molecule is C=Nc1cc(-c2ccccc2)c2sc3ccccc3c2c1OCc1ccc2c(c1)c1ccccc1n2-c1ccccc1. The Labute approximate surface area is 247 Å². The van der Waals surface area contributed by atoms with Crippen LogP contribution in [0.3, 0.4) is 0 Å². The van der Waals surface area contributed by atoms with Gasteiger partial charge in [-0.2, -0.15) is 0 Å². The molecule has 0 N–H and O–H groups in total.